The Kier molecular flexibility index (Phi) is 4.71. The zero-order chi connectivity index (χ0) is 13.6. The molecule has 0 aliphatic carbocycles. The molecule has 1 aliphatic rings. The summed E-state index contributed by atoms with van der Waals surface area (Å²) >= 11 is 0. The Balaban J connectivity index is 3.16. The molecule has 0 N–H and O–H groups in total. The van der Waals surface area contributed by atoms with Crippen molar-refractivity contribution < 1.29 is 4.48 Å². The molecular weight excluding hydrogens is 224 g/mol. The van der Waals surface area contributed by atoms with Crippen LogP contribution in [0, 0.1) is 39.9 Å². The van der Waals surface area contributed by atoms with Crippen molar-refractivity contribution in [2.75, 3.05) is 19.6 Å². The molecule has 18 heavy (non-hydrogen) atoms. The molecule has 0 amide bonds. The standard InChI is InChI=1S/C14H21N4/c1-3-4-7-18(8-5-6-13(2)9-18)14(10-15,11-16)12-17/h13H,3-9H2,1-2H3/q+1. The van der Waals surface area contributed by atoms with E-state index in [2.05, 4.69) is 13.8 Å². The SMILES string of the molecule is CCCC[N+]1(C(C#N)(C#N)C#N)CCCC(C)C1. The van der Waals surface area contributed by atoms with E-state index in [1.807, 2.05) is 18.2 Å². The molecule has 1 saturated heterocycles. The molecule has 0 bridgehead atoms. The van der Waals surface area contributed by atoms with Gasteiger partial charge in [-0.25, -0.2) is 0 Å². The number of likely N-dealkylation sites (tertiary alicyclic amines) is 1. The van der Waals surface area contributed by atoms with Crippen LogP contribution in [0.4, 0.5) is 0 Å². The molecule has 4 nitrogen and oxygen atoms in total. The van der Waals surface area contributed by atoms with Crippen LogP contribution < -0.4 is 0 Å². The van der Waals surface area contributed by atoms with Gasteiger partial charge in [-0.1, -0.05) is 20.3 Å². The van der Waals surface area contributed by atoms with Gasteiger partial charge in [0.25, 0.3) is 0 Å². The molecule has 0 aromatic heterocycles. The molecule has 1 fully saturated rings. The van der Waals surface area contributed by atoms with E-state index in [1.165, 1.54) is 0 Å². The Labute approximate surface area is 110 Å². The fraction of sp³-hybridized carbons (Fsp3) is 0.786. The Morgan fingerprint density at radius 1 is 1.22 bits per heavy atom. The van der Waals surface area contributed by atoms with Crippen LogP contribution in [0.5, 0.6) is 0 Å². The lowest BCUT2D eigenvalue weighted by atomic mass is 9.88. The summed E-state index contributed by atoms with van der Waals surface area (Å²) in [5.41, 5.74) is -1.52. The molecule has 0 aromatic carbocycles. The van der Waals surface area contributed by atoms with E-state index >= 15 is 0 Å². The molecular formula is C14H21N4+. The van der Waals surface area contributed by atoms with Crippen LogP contribution >= 0.6 is 0 Å². The highest BCUT2D eigenvalue weighted by atomic mass is 15.4. The highest BCUT2D eigenvalue weighted by Gasteiger charge is 2.54. The number of piperidine rings is 1. The Bertz CT molecular complexity index is 373. The molecule has 0 aromatic rings. The summed E-state index contributed by atoms with van der Waals surface area (Å²) < 4.78 is 0.353. The number of hydrogen-bond donors (Lipinski definition) is 0. The van der Waals surface area contributed by atoms with Crippen molar-refractivity contribution in [3.63, 3.8) is 0 Å². The van der Waals surface area contributed by atoms with Gasteiger partial charge in [-0.15, -0.1) is 0 Å². The maximum atomic E-state index is 9.37. The number of nitriles is 3. The molecule has 1 rings (SSSR count). The first-order valence-electron chi connectivity index (χ1n) is 6.69. The van der Waals surface area contributed by atoms with Crippen LogP contribution in [-0.4, -0.2) is 29.7 Å². The van der Waals surface area contributed by atoms with Gasteiger partial charge < -0.3 is 0 Å². The van der Waals surface area contributed by atoms with Gasteiger partial charge in [0.2, 0.25) is 0 Å². The van der Waals surface area contributed by atoms with E-state index < -0.39 is 5.54 Å². The highest BCUT2D eigenvalue weighted by molar-refractivity contribution is 5.30. The van der Waals surface area contributed by atoms with Crippen molar-refractivity contribution in [2.45, 2.75) is 45.1 Å². The Hall–Kier alpha value is -1.57. The largest absolute Gasteiger partial charge is 0.358 e. The first-order chi connectivity index (χ1) is 8.59. The minimum Gasteiger partial charge on any atom is -0.282 e. The topological polar surface area (TPSA) is 71.4 Å². The van der Waals surface area contributed by atoms with Crippen LogP contribution in [0.15, 0.2) is 0 Å². The zero-order valence-corrected chi connectivity index (χ0v) is 11.3. The minimum absolute atomic E-state index is 0.353. The van der Waals surface area contributed by atoms with Gasteiger partial charge in [0.15, 0.2) is 18.2 Å². The van der Waals surface area contributed by atoms with Gasteiger partial charge in [-0.3, -0.25) is 4.48 Å². The van der Waals surface area contributed by atoms with Gasteiger partial charge in [-0.05, 0) is 19.3 Å². The second-order valence-corrected chi connectivity index (χ2v) is 5.42. The Morgan fingerprint density at radius 3 is 2.28 bits per heavy atom. The smallest absolute Gasteiger partial charge is 0.282 e. The Morgan fingerprint density at radius 2 is 1.83 bits per heavy atom. The quantitative estimate of drug-likeness (QED) is 0.714. The summed E-state index contributed by atoms with van der Waals surface area (Å²) in [7, 11) is 0. The minimum atomic E-state index is -1.52. The summed E-state index contributed by atoms with van der Waals surface area (Å²) in [6, 6.07) is 6.01. The second-order valence-electron chi connectivity index (χ2n) is 5.42. The average molecular weight is 245 g/mol. The van der Waals surface area contributed by atoms with Gasteiger partial charge in [0.05, 0.1) is 19.6 Å². The number of nitrogens with zero attached hydrogens (tertiary/aromatic N) is 4. The van der Waals surface area contributed by atoms with Crippen molar-refractivity contribution in [3.8, 4) is 18.2 Å². The molecule has 0 radical (unpaired) electrons. The summed E-state index contributed by atoms with van der Waals surface area (Å²) in [5.74, 6) is 0.477. The first kappa shape index (κ1) is 14.5. The van der Waals surface area contributed by atoms with Crippen molar-refractivity contribution in [3.05, 3.63) is 0 Å². The molecule has 1 heterocycles. The van der Waals surface area contributed by atoms with Gasteiger partial charge in [0, 0.05) is 5.92 Å². The van der Waals surface area contributed by atoms with Gasteiger partial charge in [-0.2, -0.15) is 15.8 Å². The van der Waals surface area contributed by atoms with Crippen molar-refractivity contribution in [1.29, 1.82) is 15.8 Å². The molecule has 96 valence electrons. The predicted octanol–water partition coefficient (Wildman–Crippen LogP) is 2.34. The number of hydrogen-bond acceptors (Lipinski definition) is 3. The lowest BCUT2D eigenvalue weighted by Crippen LogP contribution is -2.66. The van der Waals surface area contributed by atoms with Crippen LogP contribution in [0.2, 0.25) is 0 Å². The second kappa shape index (κ2) is 5.85. The zero-order valence-electron chi connectivity index (χ0n) is 11.3. The third kappa shape index (κ3) is 2.33. The maximum Gasteiger partial charge on any atom is 0.358 e. The molecule has 2 atom stereocenters. The fourth-order valence-corrected chi connectivity index (χ4v) is 3.05. The monoisotopic (exact) mass is 245 g/mol. The predicted molar refractivity (Wildman–Crippen MR) is 67.7 cm³/mol. The van der Waals surface area contributed by atoms with E-state index in [4.69, 9.17) is 0 Å². The molecule has 1 aliphatic heterocycles. The van der Waals surface area contributed by atoms with E-state index in [0.717, 1.165) is 45.3 Å². The van der Waals surface area contributed by atoms with Gasteiger partial charge in [0.1, 0.15) is 0 Å². The third-order valence-corrected chi connectivity index (χ3v) is 4.08. The van der Waals surface area contributed by atoms with Crippen LogP contribution in [0.25, 0.3) is 0 Å². The van der Waals surface area contributed by atoms with Gasteiger partial charge >= 0.3 is 5.54 Å². The van der Waals surface area contributed by atoms with E-state index in [-0.39, 0.29) is 0 Å². The van der Waals surface area contributed by atoms with Crippen LogP contribution in [-0.2, 0) is 0 Å². The highest BCUT2D eigenvalue weighted by Crippen LogP contribution is 2.33. The van der Waals surface area contributed by atoms with Crippen LogP contribution in [0.1, 0.15) is 39.5 Å². The van der Waals surface area contributed by atoms with Crippen LogP contribution in [0.3, 0.4) is 0 Å². The number of unbranched alkanes of at least 4 members (excludes halogenated alkanes) is 1. The maximum absolute atomic E-state index is 9.37. The average Bonchev–Trinajstić information content (AvgIpc) is 2.39. The molecule has 0 saturated carbocycles. The van der Waals surface area contributed by atoms with Crippen molar-refractivity contribution in [2.24, 2.45) is 5.92 Å². The lowest BCUT2D eigenvalue weighted by Gasteiger charge is -2.47. The number of quaternary nitrogens is 1. The summed E-state index contributed by atoms with van der Waals surface area (Å²) in [6.07, 6.45) is 4.11. The third-order valence-electron chi connectivity index (χ3n) is 4.08. The fourth-order valence-electron chi connectivity index (χ4n) is 3.05. The number of rotatable bonds is 4. The van der Waals surface area contributed by atoms with E-state index in [1.54, 1.807) is 0 Å². The van der Waals surface area contributed by atoms with Crippen molar-refractivity contribution in [1.82, 2.24) is 0 Å². The van der Waals surface area contributed by atoms with E-state index in [0.29, 0.717) is 10.4 Å². The molecule has 4 heteroatoms. The molecule has 2 unspecified atom stereocenters. The van der Waals surface area contributed by atoms with Crippen molar-refractivity contribution >= 4 is 0 Å². The summed E-state index contributed by atoms with van der Waals surface area (Å²) in [4.78, 5) is 0. The van der Waals surface area contributed by atoms with E-state index in [9.17, 15) is 15.8 Å². The lowest BCUT2D eigenvalue weighted by molar-refractivity contribution is -0.959. The summed E-state index contributed by atoms with van der Waals surface area (Å²) in [5, 5.41) is 28.1. The molecule has 0 spiro atoms. The first-order valence-corrected chi connectivity index (χ1v) is 6.69. The normalized spacial score (nSPS) is 27.8. The summed E-state index contributed by atoms with van der Waals surface area (Å²) in [6.45, 7) is 6.55.